The summed E-state index contributed by atoms with van der Waals surface area (Å²) in [6.45, 7) is 2.08. The van der Waals surface area contributed by atoms with E-state index in [4.69, 9.17) is 0 Å². The van der Waals surface area contributed by atoms with Crippen LogP contribution in [0.15, 0.2) is 36.7 Å². The second kappa shape index (κ2) is 6.98. The van der Waals surface area contributed by atoms with E-state index in [1.165, 1.54) is 12.8 Å². The molecule has 1 amide bonds. The van der Waals surface area contributed by atoms with E-state index >= 15 is 0 Å². The summed E-state index contributed by atoms with van der Waals surface area (Å²) in [7, 11) is 1.87. The Morgan fingerprint density at radius 1 is 1.07 bits per heavy atom. The highest BCUT2D eigenvalue weighted by Gasteiger charge is 2.33. The van der Waals surface area contributed by atoms with Gasteiger partial charge in [-0.25, -0.2) is 9.67 Å². The van der Waals surface area contributed by atoms with Crippen LogP contribution in [0.4, 0.5) is 5.82 Å². The van der Waals surface area contributed by atoms with Gasteiger partial charge in [-0.3, -0.25) is 4.79 Å². The highest BCUT2D eigenvalue weighted by molar-refractivity contribution is 5.95. The molecule has 1 saturated heterocycles. The van der Waals surface area contributed by atoms with Crippen molar-refractivity contribution in [3.63, 3.8) is 0 Å². The van der Waals surface area contributed by atoms with Crippen molar-refractivity contribution in [2.24, 2.45) is 13.0 Å². The Balaban J connectivity index is 1.31. The van der Waals surface area contributed by atoms with Gasteiger partial charge in [-0.15, -0.1) is 5.10 Å². The number of carbonyl (C=O) groups excluding carboxylic acids is 1. The van der Waals surface area contributed by atoms with Crippen molar-refractivity contribution in [1.82, 2.24) is 24.9 Å². The number of nitrogens with zero attached hydrogens (tertiary/aromatic N) is 5. The van der Waals surface area contributed by atoms with Gasteiger partial charge in [-0.1, -0.05) is 17.3 Å². The number of aromatic nitrogens is 4. The zero-order valence-corrected chi connectivity index (χ0v) is 16.0. The maximum atomic E-state index is 12.7. The topological polar surface area (TPSA) is 75.9 Å². The molecular formula is C21H24N6O. The molecule has 1 N–H and O–H groups in total. The van der Waals surface area contributed by atoms with E-state index in [9.17, 15) is 4.79 Å². The number of hydrogen-bond acceptors (Lipinski definition) is 5. The summed E-state index contributed by atoms with van der Waals surface area (Å²) >= 11 is 0. The molecule has 28 heavy (non-hydrogen) atoms. The third kappa shape index (κ3) is 3.38. The Morgan fingerprint density at radius 3 is 2.61 bits per heavy atom. The fourth-order valence-electron chi connectivity index (χ4n) is 4.11. The number of likely N-dealkylation sites (tertiary alicyclic amines) is 1. The number of benzene rings is 1. The van der Waals surface area contributed by atoms with E-state index in [-0.39, 0.29) is 11.8 Å². The molecule has 0 unspecified atom stereocenters. The third-order valence-electron chi connectivity index (χ3n) is 5.95. The Kier molecular flexibility index (Phi) is 4.31. The number of fused-ring (bicyclic) bond motifs is 1. The molecule has 2 fully saturated rings. The summed E-state index contributed by atoms with van der Waals surface area (Å²) in [6, 6.07) is 8.88. The average molecular weight is 376 g/mol. The molecule has 2 aliphatic rings. The zero-order valence-electron chi connectivity index (χ0n) is 16.0. The van der Waals surface area contributed by atoms with Crippen molar-refractivity contribution >= 4 is 22.5 Å². The maximum Gasteiger partial charge on any atom is 0.228 e. The molecule has 144 valence electrons. The second-order valence-corrected chi connectivity index (χ2v) is 7.90. The Labute approximate surface area is 163 Å². The van der Waals surface area contributed by atoms with Gasteiger partial charge >= 0.3 is 0 Å². The van der Waals surface area contributed by atoms with Gasteiger partial charge in [0.25, 0.3) is 0 Å². The summed E-state index contributed by atoms with van der Waals surface area (Å²) in [5.41, 5.74) is 1.99. The van der Waals surface area contributed by atoms with Crippen LogP contribution in [0.2, 0.25) is 0 Å². The van der Waals surface area contributed by atoms with E-state index in [0.717, 1.165) is 54.0 Å². The van der Waals surface area contributed by atoms with E-state index in [2.05, 4.69) is 31.6 Å². The van der Waals surface area contributed by atoms with Gasteiger partial charge in [0.2, 0.25) is 5.91 Å². The third-order valence-corrected chi connectivity index (χ3v) is 5.95. The molecule has 3 aromatic rings. The van der Waals surface area contributed by atoms with Gasteiger partial charge in [0.05, 0.1) is 11.9 Å². The lowest BCUT2D eigenvalue weighted by Gasteiger charge is -2.31. The molecule has 7 heteroatoms. The number of pyridine rings is 1. The molecule has 2 aromatic heterocycles. The Hall–Kier alpha value is -2.80. The van der Waals surface area contributed by atoms with Crippen LogP contribution < -0.4 is 5.32 Å². The number of rotatable bonds is 4. The summed E-state index contributed by atoms with van der Waals surface area (Å²) < 4.78 is 1.75. The largest absolute Gasteiger partial charge is 0.310 e. The lowest BCUT2D eigenvalue weighted by Crippen LogP contribution is -2.39. The molecule has 1 saturated carbocycles. The SMILES string of the molecule is Cn1nncc1-c1ccc2cnc(NC(=O)C3CCN(C4CC4)CC3)cc2c1. The van der Waals surface area contributed by atoms with Crippen molar-refractivity contribution in [1.29, 1.82) is 0 Å². The van der Waals surface area contributed by atoms with Crippen LogP contribution in [0.1, 0.15) is 25.7 Å². The smallest absolute Gasteiger partial charge is 0.228 e. The van der Waals surface area contributed by atoms with Crippen LogP contribution in [0.25, 0.3) is 22.0 Å². The van der Waals surface area contributed by atoms with Gasteiger partial charge in [0.15, 0.2) is 0 Å². The molecule has 0 bridgehead atoms. The molecule has 1 aliphatic heterocycles. The number of carbonyl (C=O) groups is 1. The van der Waals surface area contributed by atoms with Crippen LogP contribution in [0.5, 0.6) is 0 Å². The lowest BCUT2D eigenvalue weighted by molar-refractivity contribution is -0.121. The van der Waals surface area contributed by atoms with Gasteiger partial charge in [-0.2, -0.15) is 0 Å². The monoisotopic (exact) mass is 376 g/mol. The lowest BCUT2D eigenvalue weighted by atomic mass is 9.96. The number of hydrogen-bond donors (Lipinski definition) is 1. The minimum absolute atomic E-state index is 0.0827. The fourth-order valence-corrected chi connectivity index (χ4v) is 4.11. The Bertz CT molecular complexity index is 1020. The van der Waals surface area contributed by atoms with Crippen molar-refractivity contribution < 1.29 is 4.79 Å². The van der Waals surface area contributed by atoms with Crippen LogP contribution in [-0.4, -0.2) is 49.9 Å². The number of amides is 1. The molecule has 5 rings (SSSR count). The fraction of sp³-hybridized carbons (Fsp3) is 0.429. The molecule has 0 spiro atoms. The molecular weight excluding hydrogens is 352 g/mol. The van der Waals surface area contributed by atoms with Crippen molar-refractivity contribution in [3.05, 3.63) is 36.7 Å². The first-order valence-electron chi connectivity index (χ1n) is 9.97. The standard InChI is InChI=1S/C21H24N6O/c1-26-19(13-23-25-26)15-2-3-16-12-22-20(11-17(16)10-15)24-21(28)14-6-8-27(9-7-14)18-4-5-18/h2-3,10-14,18H,4-9H2,1H3,(H,22,24,28). The summed E-state index contributed by atoms with van der Waals surface area (Å²) in [6.07, 6.45) is 8.09. The highest BCUT2D eigenvalue weighted by Crippen LogP contribution is 2.31. The quantitative estimate of drug-likeness (QED) is 0.758. The van der Waals surface area contributed by atoms with E-state index < -0.39 is 0 Å². The van der Waals surface area contributed by atoms with Crippen molar-refractivity contribution in [3.8, 4) is 11.3 Å². The number of anilines is 1. The Morgan fingerprint density at radius 2 is 1.89 bits per heavy atom. The van der Waals surface area contributed by atoms with Gasteiger partial charge in [-0.05, 0) is 56.3 Å². The van der Waals surface area contributed by atoms with E-state index in [0.29, 0.717) is 5.82 Å². The predicted octanol–water partition coefficient (Wildman–Crippen LogP) is 2.84. The summed E-state index contributed by atoms with van der Waals surface area (Å²) in [5.74, 6) is 0.788. The first kappa shape index (κ1) is 17.3. The summed E-state index contributed by atoms with van der Waals surface area (Å²) in [5, 5.41) is 13.0. The van der Waals surface area contributed by atoms with Crippen molar-refractivity contribution in [2.75, 3.05) is 18.4 Å². The normalized spacial score (nSPS) is 18.5. The predicted molar refractivity (Wildman–Crippen MR) is 108 cm³/mol. The molecule has 1 aromatic carbocycles. The van der Waals surface area contributed by atoms with E-state index in [1.807, 2.05) is 31.4 Å². The minimum atomic E-state index is 0.0827. The number of aryl methyl sites for hydroxylation is 1. The molecule has 0 radical (unpaired) electrons. The second-order valence-electron chi connectivity index (χ2n) is 7.90. The van der Waals surface area contributed by atoms with Crippen LogP contribution >= 0.6 is 0 Å². The van der Waals surface area contributed by atoms with E-state index in [1.54, 1.807) is 10.9 Å². The van der Waals surface area contributed by atoms with Gasteiger partial charge < -0.3 is 10.2 Å². The molecule has 7 nitrogen and oxygen atoms in total. The summed E-state index contributed by atoms with van der Waals surface area (Å²) in [4.78, 5) is 19.7. The molecule has 1 aliphatic carbocycles. The first-order valence-corrected chi connectivity index (χ1v) is 9.97. The van der Waals surface area contributed by atoms with Crippen LogP contribution in [0, 0.1) is 5.92 Å². The minimum Gasteiger partial charge on any atom is -0.310 e. The number of nitrogens with one attached hydrogen (secondary N) is 1. The van der Waals surface area contributed by atoms with Crippen LogP contribution in [0.3, 0.4) is 0 Å². The highest BCUT2D eigenvalue weighted by atomic mass is 16.1. The average Bonchev–Trinajstić information content (AvgIpc) is 3.48. The van der Waals surface area contributed by atoms with Gasteiger partial charge in [0, 0.05) is 36.2 Å². The number of piperidine rings is 1. The van der Waals surface area contributed by atoms with Crippen molar-refractivity contribution in [2.45, 2.75) is 31.7 Å². The zero-order chi connectivity index (χ0) is 19.1. The first-order chi connectivity index (χ1) is 13.7. The molecule has 0 atom stereocenters. The van der Waals surface area contributed by atoms with Gasteiger partial charge in [0.1, 0.15) is 5.82 Å². The van der Waals surface area contributed by atoms with Crippen LogP contribution in [-0.2, 0) is 11.8 Å². The maximum absolute atomic E-state index is 12.7. The molecule has 3 heterocycles.